The molecule has 0 spiro atoms. The summed E-state index contributed by atoms with van der Waals surface area (Å²) in [5.74, 6) is 2.06. The Kier molecular flexibility index (Phi) is 5.16. The second-order valence-electron chi connectivity index (χ2n) is 6.74. The van der Waals surface area contributed by atoms with Crippen molar-refractivity contribution in [1.29, 1.82) is 0 Å². The lowest BCUT2D eigenvalue weighted by molar-refractivity contribution is 0.439. The molecule has 0 unspecified atom stereocenters. The minimum absolute atomic E-state index is 0.337. The van der Waals surface area contributed by atoms with Gasteiger partial charge in [-0.3, -0.25) is 0 Å². The Morgan fingerprint density at radius 1 is 0.724 bits per heavy atom. The van der Waals surface area contributed by atoms with Gasteiger partial charge < -0.3 is 10.1 Å². The van der Waals surface area contributed by atoms with Crippen molar-refractivity contribution >= 4 is 11.5 Å². The van der Waals surface area contributed by atoms with Crippen molar-refractivity contribution in [3.05, 3.63) is 83.9 Å². The molecule has 6 nitrogen and oxygen atoms in total. The van der Waals surface area contributed by atoms with Gasteiger partial charge in [0.1, 0.15) is 17.4 Å². The monoisotopic (exact) mass is 383 g/mol. The molecule has 2 aromatic heterocycles. The SMILES string of the molecule is Cc1cc(C)nc(Oc2cccc(Nc3cc(-c4ccccc4)nc(C)n3)c2)n1. The first-order valence-corrected chi connectivity index (χ1v) is 9.33. The quantitative estimate of drug-likeness (QED) is 0.498. The summed E-state index contributed by atoms with van der Waals surface area (Å²) in [4.78, 5) is 17.7. The van der Waals surface area contributed by atoms with Crippen molar-refractivity contribution in [1.82, 2.24) is 19.9 Å². The van der Waals surface area contributed by atoms with Crippen LogP contribution < -0.4 is 10.1 Å². The Morgan fingerprint density at radius 3 is 2.24 bits per heavy atom. The van der Waals surface area contributed by atoms with Gasteiger partial charge in [-0.05, 0) is 39.0 Å². The molecule has 0 saturated carbocycles. The topological polar surface area (TPSA) is 72.8 Å². The summed E-state index contributed by atoms with van der Waals surface area (Å²) in [7, 11) is 0. The number of rotatable bonds is 5. The van der Waals surface area contributed by atoms with Crippen molar-refractivity contribution in [3.63, 3.8) is 0 Å². The highest BCUT2D eigenvalue weighted by Gasteiger charge is 2.07. The zero-order valence-electron chi connectivity index (χ0n) is 16.5. The van der Waals surface area contributed by atoms with E-state index < -0.39 is 0 Å². The molecule has 2 heterocycles. The Bertz CT molecular complexity index is 1120. The van der Waals surface area contributed by atoms with Crippen LogP contribution in [-0.4, -0.2) is 19.9 Å². The third kappa shape index (κ3) is 4.73. The Balaban J connectivity index is 1.57. The van der Waals surface area contributed by atoms with E-state index in [1.54, 1.807) is 0 Å². The van der Waals surface area contributed by atoms with E-state index in [0.29, 0.717) is 17.6 Å². The van der Waals surface area contributed by atoms with Crippen LogP contribution in [0.5, 0.6) is 11.8 Å². The smallest absolute Gasteiger partial charge is 0.322 e. The molecule has 0 amide bonds. The lowest BCUT2D eigenvalue weighted by atomic mass is 10.1. The Hall–Kier alpha value is -3.80. The average molecular weight is 383 g/mol. The van der Waals surface area contributed by atoms with E-state index in [2.05, 4.69) is 25.3 Å². The summed E-state index contributed by atoms with van der Waals surface area (Å²) >= 11 is 0. The van der Waals surface area contributed by atoms with Gasteiger partial charge in [-0.1, -0.05) is 36.4 Å². The zero-order chi connectivity index (χ0) is 20.2. The number of nitrogens with one attached hydrogen (secondary N) is 1. The molecule has 0 fully saturated rings. The van der Waals surface area contributed by atoms with Gasteiger partial charge in [0.25, 0.3) is 0 Å². The number of hydrogen-bond acceptors (Lipinski definition) is 6. The van der Waals surface area contributed by atoms with Gasteiger partial charge in [0.15, 0.2) is 0 Å². The first-order chi connectivity index (χ1) is 14.0. The van der Waals surface area contributed by atoms with E-state index >= 15 is 0 Å². The van der Waals surface area contributed by atoms with Crippen LogP contribution in [0, 0.1) is 20.8 Å². The maximum absolute atomic E-state index is 5.84. The fraction of sp³-hybridized carbons (Fsp3) is 0.130. The van der Waals surface area contributed by atoms with Gasteiger partial charge >= 0.3 is 6.01 Å². The van der Waals surface area contributed by atoms with E-state index in [9.17, 15) is 0 Å². The van der Waals surface area contributed by atoms with E-state index in [0.717, 1.165) is 34.2 Å². The van der Waals surface area contributed by atoms with Gasteiger partial charge in [0.2, 0.25) is 0 Å². The highest BCUT2D eigenvalue weighted by atomic mass is 16.5. The molecule has 0 aliphatic carbocycles. The molecule has 0 aliphatic heterocycles. The first-order valence-electron chi connectivity index (χ1n) is 9.33. The predicted octanol–water partition coefficient (Wildman–Crippen LogP) is 5.39. The lowest BCUT2D eigenvalue weighted by Gasteiger charge is -2.11. The van der Waals surface area contributed by atoms with Crippen LogP contribution in [0.2, 0.25) is 0 Å². The molecule has 0 bridgehead atoms. The van der Waals surface area contributed by atoms with Gasteiger partial charge in [0.05, 0.1) is 5.69 Å². The lowest BCUT2D eigenvalue weighted by Crippen LogP contribution is -1.99. The molecule has 29 heavy (non-hydrogen) atoms. The molecular formula is C23H21N5O. The Morgan fingerprint density at radius 2 is 1.48 bits per heavy atom. The maximum atomic E-state index is 5.84. The summed E-state index contributed by atoms with van der Waals surface area (Å²) in [6, 6.07) is 21.8. The molecule has 6 heteroatoms. The highest BCUT2D eigenvalue weighted by Crippen LogP contribution is 2.26. The van der Waals surface area contributed by atoms with Crippen molar-refractivity contribution in [3.8, 4) is 23.0 Å². The zero-order valence-corrected chi connectivity index (χ0v) is 16.5. The molecule has 0 radical (unpaired) electrons. The molecule has 2 aromatic carbocycles. The largest absolute Gasteiger partial charge is 0.424 e. The molecular weight excluding hydrogens is 362 g/mol. The molecule has 1 N–H and O–H groups in total. The number of aromatic nitrogens is 4. The van der Waals surface area contributed by atoms with Crippen LogP contribution in [0.15, 0.2) is 66.7 Å². The van der Waals surface area contributed by atoms with Crippen LogP contribution in [0.25, 0.3) is 11.3 Å². The normalized spacial score (nSPS) is 10.6. The number of nitrogens with zero attached hydrogens (tertiary/aromatic N) is 4. The average Bonchev–Trinajstić information content (AvgIpc) is 2.68. The van der Waals surface area contributed by atoms with E-state index in [4.69, 9.17) is 4.74 Å². The second kappa shape index (κ2) is 8.06. The number of ether oxygens (including phenoxy) is 1. The fourth-order valence-corrected chi connectivity index (χ4v) is 3.02. The summed E-state index contributed by atoms with van der Waals surface area (Å²) < 4.78 is 5.84. The third-order valence-electron chi connectivity index (χ3n) is 4.18. The standard InChI is InChI=1S/C23H21N5O/c1-15-12-16(2)25-23(24-15)29-20-11-7-10-19(13-20)28-22-14-21(26-17(3)27-22)18-8-5-4-6-9-18/h4-14H,1-3H3,(H,26,27,28). The van der Waals surface area contributed by atoms with Crippen molar-refractivity contribution in [2.45, 2.75) is 20.8 Å². The van der Waals surface area contributed by atoms with E-state index in [-0.39, 0.29) is 0 Å². The molecule has 144 valence electrons. The van der Waals surface area contributed by atoms with Gasteiger partial charge in [-0.2, -0.15) is 0 Å². The van der Waals surface area contributed by atoms with Gasteiger partial charge in [0, 0.05) is 34.8 Å². The van der Waals surface area contributed by atoms with Crippen LogP contribution >= 0.6 is 0 Å². The Labute approximate surface area is 169 Å². The summed E-state index contributed by atoms with van der Waals surface area (Å²) in [5, 5.41) is 3.33. The van der Waals surface area contributed by atoms with Crippen LogP contribution in [0.3, 0.4) is 0 Å². The predicted molar refractivity (Wildman–Crippen MR) is 114 cm³/mol. The van der Waals surface area contributed by atoms with Crippen molar-refractivity contribution < 1.29 is 4.74 Å². The van der Waals surface area contributed by atoms with Gasteiger partial charge in [-0.15, -0.1) is 0 Å². The molecule has 0 atom stereocenters. The number of benzene rings is 2. The van der Waals surface area contributed by atoms with Crippen LogP contribution in [-0.2, 0) is 0 Å². The fourth-order valence-electron chi connectivity index (χ4n) is 3.02. The maximum Gasteiger partial charge on any atom is 0.322 e. The van der Waals surface area contributed by atoms with E-state index in [1.165, 1.54) is 0 Å². The van der Waals surface area contributed by atoms with Gasteiger partial charge in [-0.25, -0.2) is 19.9 Å². The summed E-state index contributed by atoms with van der Waals surface area (Å²) in [5.41, 5.74) is 4.50. The van der Waals surface area contributed by atoms with E-state index in [1.807, 2.05) is 87.5 Å². The number of anilines is 2. The highest BCUT2D eigenvalue weighted by molar-refractivity contribution is 5.66. The van der Waals surface area contributed by atoms with Crippen LogP contribution in [0.1, 0.15) is 17.2 Å². The molecule has 0 saturated heterocycles. The number of aryl methyl sites for hydroxylation is 3. The molecule has 0 aliphatic rings. The number of hydrogen-bond donors (Lipinski definition) is 1. The first kappa shape index (κ1) is 18.6. The molecule has 4 rings (SSSR count). The summed E-state index contributed by atoms with van der Waals surface area (Å²) in [6.45, 7) is 5.72. The van der Waals surface area contributed by atoms with Crippen LogP contribution in [0.4, 0.5) is 11.5 Å². The minimum Gasteiger partial charge on any atom is -0.424 e. The molecule has 4 aromatic rings. The van der Waals surface area contributed by atoms with Crippen molar-refractivity contribution in [2.75, 3.05) is 5.32 Å². The second-order valence-corrected chi connectivity index (χ2v) is 6.74. The third-order valence-corrected chi connectivity index (χ3v) is 4.18. The van der Waals surface area contributed by atoms with Crippen molar-refractivity contribution in [2.24, 2.45) is 0 Å². The summed E-state index contributed by atoms with van der Waals surface area (Å²) in [6.07, 6.45) is 0. The minimum atomic E-state index is 0.337.